The second-order valence-corrected chi connectivity index (χ2v) is 7.60. The maximum atomic E-state index is 12.0. The number of aliphatic imine (C=N–C) groups is 1. The number of nitrogens with zero attached hydrogens (tertiary/aromatic N) is 1. The number of benzene rings is 2. The Bertz CT molecular complexity index is 966. The Morgan fingerprint density at radius 3 is 2.59 bits per heavy atom. The van der Waals surface area contributed by atoms with Crippen LogP contribution < -0.4 is 4.72 Å². The van der Waals surface area contributed by atoms with Gasteiger partial charge in [-0.25, -0.2) is 13.2 Å². The molecule has 1 aliphatic rings. The fraction of sp³-hybridized carbons (Fsp3) is 0.200. The standard InChI is InChI=1S/C20H20N2O4S/c23-19(13-12-16-8-2-1-3-9-16)26-15-7-6-14-21-20-17-10-4-5-11-18(17)27(24,25)22-20/h1-5,8-13H,6-7,14-15H2,(H,21,22). The Labute approximate surface area is 158 Å². The van der Waals surface area contributed by atoms with Crippen molar-refractivity contribution in [2.45, 2.75) is 17.7 Å². The smallest absolute Gasteiger partial charge is 0.330 e. The minimum absolute atomic E-state index is 0.253. The Balaban J connectivity index is 1.41. The molecule has 0 saturated heterocycles. The monoisotopic (exact) mass is 384 g/mol. The number of nitrogens with one attached hydrogen (secondary N) is 1. The Hall–Kier alpha value is -2.93. The van der Waals surface area contributed by atoms with Gasteiger partial charge in [0.25, 0.3) is 10.0 Å². The first-order chi connectivity index (χ1) is 13.1. The van der Waals surface area contributed by atoms with Gasteiger partial charge in [-0.2, -0.15) is 0 Å². The molecule has 0 bridgehead atoms. The topological polar surface area (TPSA) is 84.8 Å². The van der Waals surface area contributed by atoms with E-state index in [9.17, 15) is 13.2 Å². The number of esters is 1. The van der Waals surface area contributed by atoms with Gasteiger partial charge in [-0.1, -0.05) is 42.5 Å². The summed E-state index contributed by atoms with van der Waals surface area (Å²) in [7, 11) is -3.50. The average molecular weight is 384 g/mol. The van der Waals surface area contributed by atoms with Crippen LogP contribution in [-0.2, 0) is 19.6 Å². The molecule has 7 heteroatoms. The summed E-state index contributed by atoms with van der Waals surface area (Å²) < 4.78 is 31.6. The van der Waals surface area contributed by atoms with Crippen molar-refractivity contribution in [1.82, 2.24) is 4.72 Å². The van der Waals surface area contributed by atoms with Gasteiger partial charge in [0.05, 0.1) is 11.5 Å². The molecule has 0 aliphatic carbocycles. The summed E-state index contributed by atoms with van der Waals surface area (Å²) in [6.45, 7) is 0.745. The summed E-state index contributed by atoms with van der Waals surface area (Å²) in [5, 5.41) is 0. The Morgan fingerprint density at radius 2 is 1.78 bits per heavy atom. The lowest BCUT2D eigenvalue weighted by Gasteiger charge is -2.02. The number of unbranched alkanes of at least 4 members (excludes halogenated alkanes) is 1. The number of rotatable bonds is 7. The SMILES string of the molecule is O=C(C=Cc1ccccc1)OCCCCN=C1NS(=O)(=O)c2ccccc21. The predicted octanol–water partition coefficient (Wildman–Crippen LogP) is 2.76. The van der Waals surface area contributed by atoms with Crippen molar-refractivity contribution in [2.24, 2.45) is 4.99 Å². The highest BCUT2D eigenvalue weighted by atomic mass is 32.2. The third kappa shape index (κ3) is 5.04. The van der Waals surface area contributed by atoms with Gasteiger partial charge in [-0.3, -0.25) is 9.71 Å². The quantitative estimate of drug-likeness (QED) is 0.452. The summed E-state index contributed by atoms with van der Waals surface area (Å²) in [5.74, 6) is -0.0176. The molecule has 1 N–H and O–H groups in total. The summed E-state index contributed by atoms with van der Waals surface area (Å²) in [5.41, 5.74) is 1.53. The minimum atomic E-state index is -3.50. The average Bonchev–Trinajstić information content (AvgIpc) is 2.94. The number of sulfonamides is 1. The zero-order valence-corrected chi connectivity index (χ0v) is 15.5. The van der Waals surface area contributed by atoms with Crippen molar-refractivity contribution in [2.75, 3.05) is 13.2 Å². The van der Waals surface area contributed by atoms with Crippen molar-refractivity contribution in [3.8, 4) is 0 Å². The van der Waals surface area contributed by atoms with Crippen LogP contribution in [0, 0.1) is 0 Å². The fourth-order valence-electron chi connectivity index (χ4n) is 2.61. The fourth-order valence-corrected chi connectivity index (χ4v) is 3.86. The molecule has 2 aromatic carbocycles. The molecule has 6 nitrogen and oxygen atoms in total. The van der Waals surface area contributed by atoms with Crippen LogP contribution in [0.15, 0.2) is 70.6 Å². The largest absolute Gasteiger partial charge is 0.463 e. The van der Waals surface area contributed by atoms with Crippen LogP contribution in [0.3, 0.4) is 0 Å². The normalized spacial score (nSPS) is 16.2. The zero-order valence-electron chi connectivity index (χ0n) is 14.7. The van der Waals surface area contributed by atoms with Crippen molar-refractivity contribution in [3.05, 3.63) is 71.8 Å². The number of amidine groups is 1. The molecule has 0 radical (unpaired) electrons. The number of ether oxygens (including phenoxy) is 1. The lowest BCUT2D eigenvalue weighted by Crippen LogP contribution is -2.22. The molecule has 0 amide bonds. The maximum Gasteiger partial charge on any atom is 0.330 e. The third-order valence-corrected chi connectivity index (χ3v) is 5.34. The zero-order chi connectivity index (χ0) is 19.1. The van der Waals surface area contributed by atoms with Crippen LogP contribution in [0.5, 0.6) is 0 Å². The van der Waals surface area contributed by atoms with Crippen LogP contribution >= 0.6 is 0 Å². The van der Waals surface area contributed by atoms with E-state index in [2.05, 4.69) is 9.71 Å². The number of hydrogen-bond acceptors (Lipinski definition) is 5. The van der Waals surface area contributed by atoms with E-state index in [4.69, 9.17) is 4.74 Å². The first-order valence-electron chi connectivity index (χ1n) is 8.63. The minimum Gasteiger partial charge on any atom is -0.463 e. The van der Waals surface area contributed by atoms with Crippen LogP contribution in [0.1, 0.15) is 24.0 Å². The van der Waals surface area contributed by atoms with E-state index in [0.29, 0.717) is 37.4 Å². The molecule has 1 heterocycles. The van der Waals surface area contributed by atoms with Crippen molar-refractivity contribution >= 4 is 27.9 Å². The number of carbonyl (C=O) groups is 1. The number of carbonyl (C=O) groups excluding carboxylic acids is 1. The molecule has 0 fully saturated rings. The lowest BCUT2D eigenvalue weighted by molar-refractivity contribution is -0.137. The van der Waals surface area contributed by atoms with Gasteiger partial charge in [-0.05, 0) is 36.6 Å². The van der Waals surface area contributed by atoms with E-state index in [1.54, 1.807) is 30.3 Å². The molecule has 2 aromatic rings. The highest BCUT2D eigenvalue weighted by molar-refractivity contribution is 7.90. The molecule has 140 valence electrons. The van der Waals surface area contributed by atoms with Crippen molar-refractivity contribution < 1.29 is 17.9 Å². The highest BCUT2D eigenvalue weighted by Gasteiger charge is 2.29. The molecule has 1 aliphatic heterocycles. The molecular formula is C20H20N2O4S. The summed E-state index contributed by atoms with van der Waals surface area (Å²) >= 11 is 0. The van der Waals surface area contributed by atoms with Crippen molar-refractivity contribution in [1.29, 1.82) is 0 Å². The van der Waals surface area contributed by atoms with E-state index in [1.807, 2.05) is 30.3 Å². The lowest BCUT2D eigenvalue weighted by atomic mass is 10.2. The van der Waals surface area contributed by atoms with Crippen LogP contribution in [0.2, 0.25) is 0 Å². The van der Waals surface area contributed by atoms with Gasteiger partial charge in [-0.15, -0.1) is 0 Å². The van der Waals surface area contributed by atoms with Gasteiger partial charge in [0.2, 0.25) is 0 Å². The van der Waals surface area contributed by atoms with Crippen LogP contribution in [0.25, 0.3) is 6.08 Å². The molecule has 0 atom stereocenters. The van der Waals surface area contributed by atoms with Crippen LogP contribution in [-0.4, -0.2) is 33.4 Å². The molecule has 27 heavy (non-hydrogen) atoms. The molecule has 0 saturated carbocycles. The predicted molar refractivity (Wildman–Crippen MR) is 104 cm³/mol. The number of fused-ring (bicyclic) bond motifs is 1. The molecule has 0 unspecified atom stereocenters. The van der Waals surface area contributed by atoms with E-state index in [0.717, 1.165) is 5.56 Å². The highest BCUT2D eigenvalue weighted by Crippen LogP contribution is 2.22. The van der Waals surface area contributed by atoms with E-state index >= 15 is 0 Å². The van der Waals surface area contributed by atoms with Gasteiger partial charge >= 0.3 is 5.97 Å². The molecule has 0 aromatic heterocycles. The van der Waals surface area contributed by atoms with Gasteiger partial charge in [0.15, 0.2) is 0 Å². The second kappa shape index (κ2) is 8.64. The van der Waals surface area contributed by atoms with Gasteiger partial charge in [0.1, 0.15) is 5.84 Å². The molecule has 0 spiro atoms. The second-order valence-electron chi connectivity index (χ2n) is 5.95. The van der Waals surface area contributed by atoms with E-state index in [1.165, 1.54) is 6.08 Å². The van der Waals surface area contributed by atoms with Crippen molar-refractivity contribution in [3.63, 3.8) is 0 Å². The summed E-state index contributed by atoms with van der Waals surface area (Å²) in [4.78, 5) is 16.2. The Kier molecular flexibility index (Phi) is 6.03. The maximum absolute atomic E-state index is 12.0. The van der Waals surface area contributed by atoms with Crippen LogP contribution in [0.4, 0.5) is 0 Å². The third-order valence-electron chi connectivity index (χ3n) is 3.94. The first kappa shape index (κ1) is 18.8. The van der Waals surface area contributed by atoms with E-state index < -0.39 is 10.0 Å². The number of hydrogen-bond donors (Lipinski definition) is 1. The van der Waals surface area contributed by atoms with Gasteiger partial charge < -0.3 is 4.74 Å². The molecular weight excluding hydrogens is 364 g/mol. The Morgan fingerprint density at radius 1 is 1.04 bits per heavy atom. The summed E-state index contributed by atoms with van der Waals surface area (Å²) in [6, 6.07) is 16.3. The summed E-state index contributed by atoms with van der Waals surface area (Å²) in [6.07, 6.45) is 4.44. The van der Waals surface area contributed by atoms with Gasteiger partial charge in [0, 0.05) is 18.2 Å². The molecule has 3 rings (SSSR count). The van der Waals surface area contributed by atoms with E-state index in [-0.39, 0.29) is 10.9 Å². The first-order valence-corrected chi connectivity index (χ1v) is 10.1.